The van der Waals surface area contributed by atoms with Crippen molar-refractivity contribution in [2.45, 2.75) is 20.3 Å². The Morgan fingerprint density at radius 2 is 2.17 bits per heavy atom. The van der Waals surface area contributed by atoms with Gasteiger partial charge in [0.05, 0.1) is 0 Å². The molecule has 0 aromatic heterocycles. The van der Waals surface area contributed by atoms with E-state index in [9.17, 15) is 4.39 Å². The summed E-state index contributed by atoms with van der Waals surface area (Å²) in [6.45, 7) is 3.80. The predicted molar refractivity (Wildman–Crippen MR) is 53.1 cm³/mol. The number of benzene rings is 1. The maximum atomic E-state index is 13.2. The average Bonchev–Trinajstić information content (AvgIpc) is 2.03. The molecular formula is C10H11FS. The molecule has 0 heterocycles. The second kappa shape index (κ2) is 3.76. The van der Waals surface area contributed by atoms with Crippen LogP contribution >= 0.6 is 12.2 Å². The fourth-order valence-electron chi connectivity index (χ4n) is 1.04. The van der Waals surface area contributed by atoms with Crippen molar-refractivity contribution in [3.63, 3.8) is 0 Å². The van der Waals surface area contributed by atoms with Crippen molar-refractivity contribution >= 4 is 17.1 Å². The summed E-state index contributed by atoms with van der Waals surface area (Å²) >= 11 is 5.01. The smallest absolute Gasteiger partial charge is 0.131 e. The van der Waals surface area contributed by atoms with Gasteiger partial charge in [0.2, 0.25) is 0 Å². The molecule has 0 spiro atoms. The van der Waals surface area contributed by atoms with Crippen LogP contribution in [0.2, 0.25) is 0 Å². The highest BCUT2D eigenvalue weighted by atomic mass is 32.1. The fraction of sp³-hybridized carbons (Fsp3) is 0.300. The highest BCUT2D eigenvalue weighted by molar-refractivity contribution is 7.80. The van der Waals surface area contributed by atoms with E-state index in [0.717, 1.165) is 12.0 Å². The van der Waals surface area contributed by atoms with Gasteiger partial charge in [0.1, 0.15) is 5.82 Å². The number of hydrogen-bond acceptors (Lipinski definition) is 1. The molecule has 0 unspecified atom stereocenters. The van der Waals surface area contributed by atoms with E-state index in [1.807, 2.05) is 19.9 Å². The standard InChI is InChI=1S/C10H11FS/c1-3-10(12)8-5-4-7(2)6-9(8)11/h4-6H,3H2,1-2H3. The zero-order chi connectivity index (χ0) is 9.14. The van der Waals surface area contributed by atoms with Gasteiger partial charge in [-0.15, -0.1) is 0 Å². The predicted octanol–water partition coefficient (Wildman–Crippen LogP) is 3.26. The molecule has 0 atom stereocenters. The summed E-state index contributed by atoms with van der Waals surface area (Å²) in [5, 5.41) is 0. The first-order chi connectivity index (χ1) is 5.65. The van der Waals surface area contributed by atoms with Crippen LogP contribution in [0.3, 0.4) is 0 Å². The minimum absolute atomic E-state index is 0.207. The molecule has 1 rings (SSSR count). The summed E-state index contributed by atoms with van der Waals surface area (Å²) in [6, 6.07) is 5.13. The molecule has 64 valence electrons. The second-order valence-corrected chi connectivity index (χ2v) is 3.25. The van der Waals surface area contributed by atoms with E-state index in [1.165, 1.54) is 6.07 Å². The zero-order valence-corrected chi connectivity index (χ0v) is 8.04. The van der Waals surface area contributed by atoms with Crippen molar-refractivity contribution in [2.24, 2.45) is 0 Å². The number of hydrogen-bond donors (Lipinski definition) is 0. The summed E-state index contributed by atoms with van der Waals surface area (Å²) in [5.41, 5.74) is 1.49. The van der Waals surface area contributed by atoms with Crippen LogP contribution in [0.15, 0.2) is 18.2 Å². The lowest BCUT2D eigenvalue weighted by molar-refractivity contribution is 0.624. The van der Waals surface area contributed by atoms with Crippen molar-refractivity contribution in [3.8, 4) is 0 Å². The van der Waals surface area contributed by atoms with E-state index in [2.05, 4.69) is 0 Å². The topological polar surface area (TPSA) is 0 Å². The maximum absolute atomic E-state index is 13.2. The average molecular weight is 182 g/mol. The monoisotopic (exact) mass is 182 g/mol. The molecule has 1 aromatic carbocycles. The van der Waals surface area contributed by atoms with Crippen LogP contribution in [-0.2, 0) is 0 Å². The van der Waals surface area contributed by atoms with Crippen LogP contribution in [-0.4, -0.2) is 4.86 Å². The second-order valence-electron chi connectivity index (χ2n) is 2.76. The molecule has 12 heavy (non-hydrogen) atoms. The molecule has 0 saturated carbocycles. The van der Waals surface area contributed by atoms with Crippen molar-refractivity contribution < 1.29 is 4.39 Å². The van der Waals surface area contributed by atoms with Gasteiger partial charge in [-0.1, -0.05) is 31.3 Å². The first kappa shape index (κ1) is 9.33. The van der Waals surface area contributed by atoms with Gasteiger partial charge >= 0.3 is 0 Å². The van der Waals surface area contributed by atoms with Gasteiger partial charge in [-0.3, -0.25) is 0 Å². The zero-order valence-electron chi connectivity index (χ0n) is 7.23. The van der Waals surface area contributed by atoms with Gasteiger partial charge in [-0.25, -0.2) is 4.39 Å². The number of aryl methyl sites for hydroxylation is 1. The Hall–Kier alpha value is -0.760. The van der Waals surface area contributed by atoms with Gasteiger partial charge < -0.3 is 0 Å². The van der Waals surface area contributed by atoms with E-state index in [-0.39, 0.29) is 5.82 Å². The van der Waals surface area contributed by atoms with E-state index >= 15 is 0 Å². The maximum Gasteiger partial charge on any atom is 0.131 e. The first-order valence-electron chi connectivity index (χ1n) is 3.94. The summed E-state index contributed by atoms with van der Waals surface area (Å²) in [6.07, 6.45) is 0.718. The molecule has 0 aliphatic heterocycles. The Bertz CT molecular complexity index is 305. The molecule has 2 heteroatoms. The van der Waals surface area contributed by atoms with Crippen LogP contribution in [0, 0.1) is 12.7 Å². The number of thiocarbonyl (C=S) groups is 1. The third-order valence-electron chi connectivity index (χ3n) is 1.75. The molecule has 1 aromatic rings. The van der Waals surface area contributed by atoms with E-state index < -0.39 is 0 Å². The van der Waals surface area contributed by atoms with Crippen LogP contribution in [0.5, 0.6) is 0 Å². The number of halogens is 1. The van der Waals surface area contributed by atoms with Gasteiger partial charge in [0, 0.05) is 10.4 Å². The molecule has 0 aliphatic carbocycles. The van der Waals surface area contributed by atoms with Crippen LogP contribution in [0.1, 0.15) is 24.5 Å². The lowest BCUT2D eigenvalue weighted by Crippen LogP contribution is -1.98. The lowest BCUT2D eigenvalue weighted by Gasteiger charge is -2.02. The van der Waals surface area contributed by atoms with Crippen molar-refractivity contribution in [2.75, 3.05) is 0 Å². The highest BCUT2D eigenvalue weighted by Crippen LogP contribution is 2.12. The fourth-order valence-corrected chi connectivity index (χ4v) is 1.20. The third-order valence-corrected chi connectivity index (χ3v) is 2.25. The summed E-state index contributed by atoms with van der Waals surface area (Å²) in [7, 11) is 0. The molecule has 0 N–H and O–H groups in total. The SMILES string of the molecule is CCC(=S)c1ccc(C)cc1F. The van der Waals surface area contributed by atoms with Crippen molar-refractivity contribution in [1.29, 1.82) is 0 Å². The van der Waals surface area contributed by atoms with Gasteiger partial charge in [-0.05, 0) is 25.0 Å². The first-order valence-corrected chi connectivity index (χ1v) is 4.35. The summed E-state index contributed by atoms with van der Waals surface area (Å²) in [5.74, 6) is -0.207. The van der Waals surface area contributed by atoms with E-state index in [1.54, 1.807) is 6.07 Å². The Kier molecular flexibility index (Phi) is 2.93. The molecule has 0 bridgehead atoms. The molecule has 0 amide bonds. The van der Waals surface area contributed by atoms with E-state index in [4.69, 9.17) is 12.2 Å². The summed E-state index contributed by atoms with van der Waals surface area (Å²) in [4.78, 5) is 0.688. The minimum atomic E-state index is -0.207. The molecular weight excluding hydrogens is 171 g/mol. The lowest BCUT2D eigenvalue weighted by atomic mass is 10.1. The molecule has 0 nitrogen and oxygen atoms in total. The van der Waals surface area contributed by atoms with Crippen LogP contribution in [0.25, 0.3) is 0 Å². The quantitative estimate of drug-likeness (QED) is 0.499. The van der Waals surface area contributed by atoms with Crippen LogP contribution < -0.4 is 0 Å². The normalized spacial score (nSPS) is 9.92. The molecule has 0 radical (unpaired) electrons. The third kappa shape index (κ3) is 1.89. The molecule has 0 saturated heterocycles. The Balaban J connectivity index is 3.09. The van der Waals surface area contributed by atoms with Crippen molar-refractivity contribution in [1.82, 2.24) is 0 Å². The van der Waals surface area contributed by atoms with Gasteiger partial charge in [0.25, 0.3) is 0 Å². The molecule has 0 aliphatic rings. The Morgan fingerprint density at radius 1 is 1.50 bits per heavy atom. The summed E-state index contributed by atoms with van der Waals surface area (Å²) < 4.78 is 13.2. The highest BCUT2D eigenvalue weighted by Gasteiger charge is 2.04. The van der Waals surface area contributed by atoms with Crippen molar-refractivity contribution in [3.05, 3.63) is 35.1 Å². The van der Waals surface area contributed by atoms with Gasteiger partial charge in [0.15, 0.2) is 0 Å². The Labute approximate surface area is 77.4 Å². The largest absolute Gasteiger partial charge is 0.206 e. The Morgan fingerprint density at radius 3 is 2.67 bits per heavy atom. The minimum Gasteiger partial charge on any atom is -0.206 e. The molecule has 0 fully saturated rings. The van der Waals surface area contributed by atoms with Gasteiger partial charge in [-0.2, -0.15) is 0 Å². The number of rotatable bonds is 2. The van der Waals surface area contributed by atoms with E-state index in [0.29, 0.717) is 10.4 Å². The van der Waals surface area contributed by atoms with Crippen LogP contribution in [0.4, 0.5) is 4.39 Å².